The second kappa shape index (κ2) is 42.3. The third-order valence-electron chi connectivity index (χ3n) is 17.0. The molecule has 0 atom stereocenters. The zero-order valence-electron chi connectivity index (χ0n) is 53.5. The molecule has 6 aromatic carbocycles. The standard InChI is InChI=1S/C77H108N2O6P2/c1-3-5-7-9-11-13-15-17-19-21-23-25-27-29-31-45-59-84-74-57-55-68(78-76(80)64-86(82,70-47-37-33-38-48-70)71-49-39-34-40-50-71)62-66(74)61-67-63-69(79-77(81)65-87(83,72-51-41-35-42-52-72)73-53-43-36-44-54-73)56-58-75(67)85-60-46-32-30-28-26-24-22-20-18-16-14-12-10-8-6-4-2/h33-44,47-58,62-63H,3-32,45-46,59-61,64-65H2,1-2H3,(H,78,80)(H,79,81). The number of hydrogen-bond acceptors (Lipinski definition) is 6. The smallest absolute Gasteiger partial charge is 0.232 e. The third-order valence-corrected chi connectivity index (χ3v) is 23.0. The maximum absolute atomic E-state index is 15.0. The number of amides is 2. The normalized spacial score (nSPS) is 11.6. The zero-order chi connectivity index (χ0) is 61.3. The molecule has 0 aliphatic carbocycles. The first kappa shape index (κ1) is 70.4. The predicted octanol–water partition coefficient (Wildman–Crippen LogP) is 20.5. The van der Waals surface area contributed by atoms with E-state index in [1.165, 1.54) is 180 Å². The molecule has 0 saturated heterocycles. The SMILES string of the molecule is CCCCCCCCCCCCCCCCCCOc1ccc(NC(=O)CP(=O)(c2ccccc2)c2ccccc2)cc1Cc1cc(NC(=O)CP(=O)(c2ccccc2)c2ccccc2)ccc1OCCCCCCCCCCCCCCCCCC. The van der Waals surface area contributed by atoms with Gasteiger partial charge in [-0.25, -0.2) is 0 Å². The number of ether oxygens (including phenoxy) is 2. The summed E-state index contributed by atoms with van der Waals surface area (Å²) in [7, 11) is -6.69. The molecule has 0 spiro atoms. The van der Waals surface area contributed by atoms with Crippen LogP contribution in [0.1, 0.15) is 230 Å². The van der Waals surface area contributed by atoms with Crippen molar-refractivity contribution in [2.75, 3.05) is 36.2 Å². The Kier molecular flexibility index (Phi) is 34.2. The van der Waals surface area contributed by atoms with Gasteiger partial charge in [0.25, 0.3) is 0 Å². The van der Waals surface area contributed by atoms with E-state index in [9.17, 15) is 9.59 Å². The molecule has 0 aromatic heterocycles. The second-order valence-electron chi connectivity index (χ2n) is 24.4. The highest BCUT2D eigenvalue weighted by atomic mass is 31.2. The summed E-state index contributed by atoms with van der Waals surface area (Å²) in [6.45, 7) is 5.67. The molecule has 472 valence electrons. The van der Waals surface area contributed by atoms with E-state index in [0.717, 1.165) is 36.8 Å². The van der Waals surface area contributed by atoms with Crippen molar-refractivity contribution in [3.05, 3.63) is 169 Å². The number of rotatable bonds is 48. The van der Waals surface area contributed by atoms with Crippen LogP contribution in [0.3, 0.4) is 0 Å². The van der Waals surface area contributed by atoms with Gasteiger partial charge in [-0.15, -0.1) is 0 Å². The summed E-state index contributed by atoms with van der Waals surface area (Å²) in [6.07, 6.45) is 41.5. The molecule has 0 aliphatic rings. The van der Waals surface area contributed by atoms with Gasteiger partial charge >= 0.3 is 0 Å². The van der Waals surface area contributed by atoms with Crippen LogP contribution in [0.15, 0.2) is 158 Å². The third kappa shape index (κ3) is 26.5. The van der Waals surface area contributed by atoms with E-state index in [-0.39, 0.29) is 24.1 Å². The number of benzene rings is 6. The first-order chi connectivity index (χ1) is 42.7. The van der Waals surface area contributed by atoms with Crippen molar-refractivity contribution in [3.63, 3.8) is 0 Å². The average Bonchev–Trinajstić information content (AvgIpc) is 1.35. The molecule has 0 aliphatic heterocycles. The molecule has 0 unspecified atom stereocenters. The lowest BCUT2D eigenvalue weighted by Crippen LogP contribution is -2.26. The number of anilines is 2. The number of carbonyl (C=O) groups excluding carboxylic acids is 2. The Morgan fingerprint density at radius 1 is 0.322 bits per heavy atom. The Balaban J connectivity index is 1.14. The molecule has 8 nitrogen and oxygen atoms in total. The summed E-state index contributed by atoms with van der Waals surface area (Å²) in [4.78, 5) is 28.4. The fraction of sp³-hybridized carbons (Fsp3) is 0.506. The maximum atomic E-state index is 15.0. The molecule has 0 fully saturated rings. The van der Waals surface area contributed by atoms with Crippen molar-refractivity contribution >= 4 is 58.7 Å². The summed E-state index contributed by atoms with van der Waals surface area (Å²) in [6, 6.07) is 48.7. The van der Waals surface area contributed by atoms with Gasteiger partial charge in [-0.2, -0.15) is 0 Å². The highest BCUT2D eigenvalue weighted by molar-refractivity contribution is 7.79. The van der Waals surface area contributed by atoms with Gasteiger partial charge in [-0.05, 0) is 49.2 Å². The predicted molar refractivity (Wildman–Crippen MR) is 372 cm³/mol. The van der Waals surface area contributed by atoms with E-state index in [2.05, 4.69) is 24.5 Å². The quantitative estimate of drug-likeness (QED) is 0.0291. The van der Waals surface area contributed by atoms with Gasteiger partial charge in [-0.1, -0.05) is 328 Å². The van der Waals surface area contributed by atoms with Crippen molar-refractivity contribution in [2.24, 2.45) is 0 Å². The molecular formula is C77H108N2O6P2. The average molecular weight is 1220 g/mol. The van der Waals surface area contributed by atoms with Crippen molar-refractivity contribution in [1.82, 2.24) is 0 Å². The Morgan fingerprint density at radius 2 is 0.563 bits per heavy atom. The van der Waals surface area contributed by atoms with E-state index >= 15 is 9.13 Å². The van der Waals surface area contributed by atoms with Crippen LogP contribution >= 0.6 is 14.3 Å². The van der Waals surface area contributed by atoms with E-state index in [1.54, 1.807) is 0 Å². The molecule has 2 N–H and O–H groups in total. The zero-order valence-corrected chi connectivity index (χ0v) is 55.3. The Morgan fingerprint density at radius 3 is 0.816 bits per heavy atom. The molecule has 0 bridgehead atoms. The minimum absolute atomic E-state index is 0.200. The molecule has 10 heteroatoms. The number of unbranched alkanes of at least 4 members (excludes halogenated alkanes) is 30. The van der Waals surface area contributed by atoms with Crippen LogP contribution in [0.2, 0.25) is 0 Å². The van der Waals surface area contributed by atoms with E-state index in [4.69, 9.17) is 9.47 Å². The fourth-order valence-corrected chi connectivity index (χ4v) is 16.8. The molecule has 0 heterocycles. The van der Waals surface area contributed by atoms with Gasteiger partial charge in [0, 0.05) is 50.1 Å². The van der Waals surface area contributed by atoms with Crippen molar-refractivity contribution in [2.45, 2.75) is 226 Å². The second-order valence-corrected chi connectivity index (χ2v) is 30.0. The molecule has 6 rings (SSSR count). The van der Waals surface area contributed by atoms with Crippen LogP contribution in [0.5, 0.6) is 11.5 Å². The molecule has 0 radical (unpaired) electrons. The van der Waals surface area contributed by atoms with Crippen LogP contribution in [0.4, 0.5) is 11.4 Å². The van der Waals surface area contributed by atoms with Crippen LogP contribution in [0, 0.1) is 0 Å². The molecule has 0 saturated carbocycles. The van der Waals surface area contributed by atoms with Gasteiger partial charge in [0.05, 0.1) is 25.5 Å². The van der Waals surface area contributed by atoms with Crippen LogP contribution in [0.25, 0.3) is 0 Å². The highest BCUT2D eigenvalue weighted by Crippen LogP contribution is 2.45. The number of hydrogen-bond donors (Lipinski definition) is 2. The molecule has 6 aromatic rings. The monoisotopic (exact) mass is 1220 g/mol. The van der Waals surface area contributed by atoms with Crippen LogP contribution in [-0.4, -0.2) is 37.4 Å². The summed E-state index contributed by atoms with van der Waals surface area (Å²) < 4.78 is 43.3. The van der Waals surface area contributed by atoms with Gasteiger partial charge in [0.1, 0.15) is 11.5 Å². The van der Waals surface area contributed by atoms with Crippen LogP contribution < -0.4 is 41.3 Å². The summed E-state index contributed by atoms with van der Waals surface area (Å²) in [5, 5.41) is 8.77. The van der Waals surface area contributed by atoms with Gasteiger partial charge < -0.3 is 29.2 Å². The van der Waals surface area contributed by atoms with E-state index in [1.807, 2.05) is 158 Å². The van der Waals surface area contributed by atoms with E-state index < -0.39 is 14.3 Å². The van der Waals surface area contributed by atoms with Crippen LogP contribution in [-0.2, 0) is 25.1 Å². The minimum Gasteiger partial charge on any atom is -0.493 e. The van der Waals surface area contributed by atoms with Crippen molar-refractivity contribution in [1.29, 1.82) is 0 Å². The molecule has 2 amide bonds. The maximum Gasteiger partial charge on any atom is 0.232 e. The number of carbonyl (C=O) groups is 2. The summed E-state index contributed by atoms with van der Waals surface area (Å²) in [5.41, 5.74) is 2.81. The first-order valence-corrected chi connectivity index (χ1v) is 38.0. The minimum atomic E-state index is -3.35. The fourth-order valence-electron chi connectivity index (χ4n) is 11.9. The van der Waals surface area contributed by atoms with Crippen molar-refractivity contribution < 1.29 is 28.2 Å². The lowest BCUT2D eigenvalue weighted by atomic mass is 10.0. The van der Waals surface area contributed by atoms with Crippen molar-refractivity contribution in [3.8, 4) is 11.5 Å². The summed E-state index contributed by atoms with van der Waals surface area (Å²) >= 11 is 0. The Labute approximate surface area is 526 Å². The van der Waals surface area contributed by atoms with Gasteiger partial charge in [0.15, 0.2) is 14.3 Å². The summed E-state index contributed by atoms with van der Waals surface area (Å²) in [5.74, 6) is 0.709. The van der Waals surface area contributed by atoms with E-state index in [0.29, 0.717) is 63.7 Å². The molecule has 87 heavy (non-hydrogen) atoms. The number of nitrogens with one attached hydrogen (secondary N) is 2. The largest absolute Gasteiger partial charge is 0.493 e. The Hall–Kier alpha value is -5.68. The molecular weight excluding hydrogens is 1110 g/mol. The van der Waals surface area contributed by atoms with Gasteiger partial charge in [-0.3, -0.25) is 9.59 Å². The lowest BCUT2D eigenvalue weighted by molar-refractivity contribution is -0.114. The topological polar surface area (TPSA) is 111 Å². The Bertz CT molecular complexity index is 2620. The lowest BCUT2D eigenvalue weighted by Gasteiger charge is -2.20. The first-order valence-electron chi connectivity index (χ1n) is 34.2. The van der Waals surface area contributed by atoms with Gasteiger partial charge in [0.2, 0.25) is 11.8 Å². The highest BCUT2D eigenvalue weighted by Gasteiger charge is 2.32.